The highest BCUT2D eigenvalue weighted by Gasteiger charge is 2.12. The number of morpholine rings is 1. The standard InChI is InChI=1S/C8H13N3O.3ClH/c1-3-11(7-10-1)6-8-5-9-2-4-12-8;;;/h1,3,7-9H,2,4-6H2;3*1H/t8-;;;/m1.../s1. The van der Waals surface area contributed by atoms with Gasteiger partial charge in [-0.15, -0.1) is 37.2 Å². The number of nitrogens with one attached hydrogen (secondary N) is 1. The Bertz CT molecular complexity index is 227. The molecule has 1 aromatic rings. The summed E-state index contributed by atoms with van der Waals surface area (Å²) in [4.78, 5) is 3.97. The molecule has 0 unspecified atom stereocenters. The highest BCUT2D eigenvalue weighted by molar-refractivity contribution is 5.86. The number of hydrogen-bond donors (Lipinski definition) is 1. The van der Waals surface area contributed by atoms with Gasteiger partial charge in [0.1, 0.15) is 0 Å². The first-order valence-corrected chi connectivity index (χ1v) is 4.23. The zero-order valence-corrected chi connectivity index (χ0v) is 10.6. The van der Waals surface area contributed by atoms with E-state index in [0.717, 1.165) is 26.2 Å². The molecule has 90 valence electrons. The lowest BCUT2D eigenvalue weighted by molar-refractivity contribution is 0.0182. The molecule has 1 aliphatic rings. The average Bonchev–Trinajstić information content (AvgIpc) is 2.59. The number of imidazole rings is 1. The summed E-state index contributed by atoms with van der Waals surface area (Å²) in [6.07, 6.45) is 5.86. The lowest BCUT2D eigenvalue weighted by Gasteiger charge is -2.23. The molecule has 0 aliphatic carbocycles. The fourth-order valence-corrected chi connectivity index (χ4v) is 1.37. The molecule has 0 bridgehead atoms. The topological polar surface area (TPSA) is 39.1 Å². The van der Waals surface area contributed by atoms with E-state index in [1.807, 2.05) is 17.1 Å². The summed E-state index contributed by atoms with van der Waals surface area (Å²) >= 11 is 0. The summed E-state index contributed by atoms with van der Waals surface area (Å²) < 4.78 is 7.58. The molecule has 1 atom stereocenters. The first kappa shape index (κ1) is 17.4. The van der Waals surface area contributed by atoms with Crippen LogP contribution in [0.15, 0.2) is 18.7 Å². The van der Waals surface area contributed by atoms with Crippen molar-refractivity contribution in [3.8, 4) is 0 Å². The largest absolute Gasteiger partial charge is 0.374 e. The van der Waals surface area contributed by atoms with E-state index >= 15 is 0 Å². The number of aromatic nitrogens is 2. The first-order chi connectivity index (χ1) is 5.95. The highest BCUT2D eigenvalue weighted by Crippen LogP contribution is 1.99. The van der Waals surface area contributed by atoms with Crippen molar-refractivity contribution in [3.63, 3.8) is 0 Å². The Hall–Kier alpha value is -0.000000000000000111. The van der Waals surface area contributed by atoms with Crippen molar-refractivity contribution in [2.75, 3.05) is 19.7 Å². The van der Waals surface area contributed by atoms with Gasteiger partial charge < -0.3 is 14.6 Å². The van der Waals surface area contributed by atoms with Crippen LogP contribution in [-0.2, 0) is 11.3 Å². The number of nitrogens with zero attached hydrogens (tertiary/aromatic N) is 2. The van der Waals surface area contributed by atoms with Gasteiger partial charge in [-0.1, -0.05) is 0 Å². The van der Waals surface area contributed by atoms with Crippen LogP contribution in [0.4, 0.5) is 0 Å². The normalized spacial score (nSPS) is 19.3. The third kappa shape index (κ3) is 5.58. The third-order valence-corrected chi connectivity index (χ3v) is 1.98. The predicted octanol–water partition coefficient (Wildman–Crippen LogP) is 1.14. The van der Waals surface area contributed by atoms with Crippen molar-refractivity contribution >= 4 is 37.2 Å². The third-order valence-electron chi connectivity index (χ3n) is 1.98. The Morgan fingerprint density at radius 3 is 2.73 bits per heavy atom. The smallest absolute Gasteiger partial charge is 0.0946 e. The second-order valence-electron chi connectivity index (χ2n) is 2.96. The fraction of sp³-hybridized carbons (Fsp3) is 0.625. The van der Waals surface area contributed by atoms with E-state index in [1.54, 1.807) is 6.20 Å². The summed E-state index contributed by atoms with van der Waals surface area (Å²) in [6.45, 7) is 3.63. The molecular weight excluding hydrogens is 260 g/mol. The summed E-state index contributed by atoms with van der Waals surface area (Å²) in [7, 11) is 0. The monoisotopic (exact) mass is 275 g/mol. The molecule has 0 aromatic carbocycles. The maximum atomic E-state index is 5.54. The van der Waals surface area contributed by atoms with Crippen LogP contribution in [0.5, 0.6) is 0 Å². The Balaban J connectivity index is 0. The maximum absolute atomic E-state index is 5.54. The lowest BCUT2D eigenvalue weighted by Crippen LogP contribution is -2.40. The first-order valence-electron chi connectivity index (χ1n) is 4.23. The van der Waals surface area contributed by atoms with E-state index in [0.29, 0.717) is 6.10 Å². The Morgan fingerprint density at radius 1 is 1.40 bits per heavy atom. The van der Waals surface area contributed by atoms with Gasteiger partial charge in [-0.25, -0.2) is 4.98 Å². The summed E-state index contributed by atoms with van der Waals surface area (Å²) in [6, 6.07) is 0. The Kier molecular flexibility index (Phi) is 10.7. The van der Waals surface area contributed by atoms with Gasteiger partial charge in [0.15, 0.2) is 0 Å². The van der Waals surface area contributed by atoms with Crippen molar-refractivity contribution in [1.82, 2.24) is 14.9 Å². The van der Waals surface area contributed by atoms with Crippen LogP contribution in [0.2, 0.25) is 0 Å². The van der Waals surface area contributed by atoms with E-state index in [9.17, 15) is 0 Å². The minimum Gasteiger partial charge on any atom is -0.374 e. The number of ether oxygens (including phenoxy) is 1. The summed E-state index contributed by atoms with van der Waals surface area (Å²) in [5, 5.41) is 3.29. The molecule has 1 N–H and O–H groups in total. The number of hydrogen-bond acceptors (Lipinski definition) is 3. The van der Waals surface area contributed by atoms with Gasteiger partial charge in [0.05, 0.1) is 25.6 Å². The van der Waals surface area contributed by atoms with Crippen LogP contribution in [0, 0.1) is 0 Å². The van der Waals surface area contributed by atoms with Crippen molar-refractivity contribution < 1.29 is 4.74 Å². The average molecular weight is 277 g/mol. The SMILES string of the molecule is Cl.Cl.Cl.c1cn(C[C@H]2CNCCO2)cn1. The van der Waals surface area contributed by atoms with E-state index < -0.39 is 0 Å². The van der Waals surface area contributed by atoms with Crippen LogP contribution in [0.25, 0.3) is 0 Å². The minimum atomic E-state index is 0. The van der Waals surface area contributed by atoms with Crippen LogP contribution >= 0.6 is 37.2 Å². The summed E-state index contributed by atoms with van der Waals surface area (Å²) in [5.74, 6) is 0. The molecule has 1 aromatic heterocycles. The predicted molar refractivity (Wildman–Crippen MR) is 66.6 cm³/mol. The second-order valence-corrected chi connectivity index (χ2v) is 2.96. The fourth-order valence-electron chi connectivity index (χ4n) is 1.37. The molecule has 0 amide bonds. The maximum Gasteiger partial charge on any atom is 0.0946 e. The van der Waals surface area contributed by atoms with Gasteiger partial charge in [-0.3, -0.25) is 0 Å². The molecule has 2 rings (SSSR count). The molecule has 1 aliphatic heterocycles. The van der Waals surface area contributed by atoms with Crippen molar-refractivity contribution in [2.45, 2.75) is 12.6 Å². The molecule has 4 nitrogen and oxygen atoms in total. The second kappa shape index (κ2) is 9.24. The molecule has 1 saturated heterocycles. The minimum absolute atomic E-state index is 0. The van der Waals surface area contributed by atoms with Gasteiger partial charge in [0.25, 0.3) is 0 Å². The van der Waals surface area contributed by atoms with E-state index in [-0.39, 0.29) is 37.2 Å². The number of halogens is 3. The molecule has 7 heteroatoms. The van der Waals surface area contributed by atoms with Gasteiger partial charge in [0, 0.05) is 25.5 Å². The van der Waals surface area contributed by atoms with Crippen LogP contribution in [-0.4, -0.2) is 35.4 Å². The molecule has 0 spiro atoms. The molecule has 0 radical (unpaired) electrons. The lowest BCUT2D eigenvalue weighted by atomic mass is 10.3. The Morgan fingerprint density at radius 2 is 2.20 bits per heavy atom. The van der Waals surface area contributed by atoms with Crippen LogP contribution < -0.4 is 5.32 Å². The zero-order valence-electron chi connectivity index (χ0n) is 8.17. The molecule has 15 heavy (non-hydrogen) atoms. The van der Waals surface area contributed by atoms with Crippen molar-refractivity contribution in [1.29, 1.82) is 0 Å². The van der Waals surface area contributed by atoms with Crippen molar-refractivity contribution in [2.24, 2.45) is 0 Å². The van der Waals surface area contributed by atoms with Gasteiger partial charge in [-0.2, -0.15) is 0 Å². The zero-order chi connectivity index (χ0) is 8.23. The quantitative estimate of drug-likeness (QED) is 0.880. The van der Waals surface area contributed by atoms with Gasteiger partial charge in [0.2, 0.25) is 0 Å². The van der Waals surface area contributed by atoms with E-state index in [1.165, 1.54) is 0 Å². The van der Waals surface area contributed by atoms with Gasteiger partial charge in [-0.05, 0) is 0 Å². The molecule has 2 heterocycles. The number of rotatable bonds is 2. The molecular formula is C8H16Cl3N3O. The van der Waals surface area contributed by atoms with Crippen LogP contribution in [0.1, 0.15) is 0 Å². The highest BCUT2D eigenvalue weighted by atomic mass is 35.5. The van der Waals surface area contributed by atoms with E-state index in [2.05, 4.69) is 10.3 Å². The van der Waals surface area contributed by atoms with E-state index in [4.69, 9.17) is 4.74 Å². The van der Waals surface area contributed by atoms with Gasteiger partial charge >= 0.3 is 0 Å². The molecule has 1 fully saturated rings. The summed E-state index contributed by atoms with van der Waals surface area (Å²) in [5.41, 5.74) is 0. The van der Waals surface area contributed by atoms with Crippen LogP contribution in [0.3, 0.4) is 0 Å². The molecule has 0 saturated carbocycles. The Labute approximate surface area is 108 Å². The van der Waals surface area contributed by atoms with Crippen molar-refractivity contribution in [3.05, 3.63) is 18.7 Å².